The predicted molar refractivity (Wildman–Crippen MR) is 131 cm³/mol. The second-order valence-corrected chi connectivity index (χ2v) is 9.88. The third-order valence-corrected chi connectivity index (χ3v) is 6.98. The molecule has 12 heteroatoms. The van der Waals surface area contributed by atoms with Crippen molar-refractivity contribution in [3.63, 3.8) is 0 Å². The van der Waals surface area contributed by atoms with Gasteiger partial charge in [-0.15, -0.1) is 8.78 Å². The van der Waals surface area contributed by atoms with Gasteiger partial charge in [-0.3, -0.25) is 14.3 Å². The number of halogens is 6. The third kappa shape index (κ3) is 6.63. The van der Waals surface area contributed by atoms with Gasteiger partial charge in [0.25, 0.3) is 0 Å². The minimum atomic E-state index is -4.50. The fraction of sp³-hybridized carbons (Fsp3) is 0.577. The number of alkyl halides is 6. The van der Waals surface area contributed by atoms with Crippen molar-refractivity contribution in [3.8, 4) is 11.5 Å². The molecule has 210 valence electrons. The van der Waals surface area contributed by atoms with Crippen LogP contribution in [0.2, 0.25) is 0 Å². The highest BCUT2D eigenvalue weighted by Gasteiger charge is 2.46. The summed E-state index contributed by atoms with van der Waals surface area (Å²) >= 11 is 0. The van der Waals surface area contributed by atoms with Crippen molar-refractivity contribution >= 4 is 6.21 Å². The van der Waals surface area contributed by atoms with E-state index >= 15 is 0 Å². The van der Waals surface area contributed by atoms with E-state index in [2.05, 4.69) is 31.3 Å². The average molecular weight is 547 g/mol. The maximum atomic E-state index is 13.7. The quantitative estimate of drug-likeness (QED) is 0.334. The molecule has 4 rings (SSSR count). The van der Waals surface area contributed by atoms with Gasteiger partial charge in [0.1, 0.15) is 0 Å². The molecule has 1 fully saturated rings. The number of likely N-dealkylation sites (tertiary alicyclic amines) is 1. The summed E-state index contributed by atoms with van der Waals surface area (Å²) in [5.41, 5.74) is 1.73. The van der Waals surface area contributed by atoms with Gasteiger partial charge < -0.3 is 19.7 Å². The molecule has 3 aliphatic heterocycles. The van der Waals surface area contributed by atoms with Crippen LogP contribution in [-0.2, 0) is 6.42 Å². The zero-order valence-corrected chi connectivity index (χ0v) is 21.3. The molecule has 1 aromatic carbocycles. The number of hydrogen-bond donors (Lipinski definition) is 1. The van der Waals surface area contributed by atoms with Gasteiger partial charge in [0.2, 0.25) is 0 Å². The molecule has 0 amide bonds. The number of benzene rings is 1. The molecule has 1 N–H and O–H groups in total. The van der Waals surface area contributed by atoms with Gasteiger partial charge in [-0.1, -0.05) is 12.7 Å². The number of aliphatic imine (C=N–C) groups is 1. The third-order valence-electron chi connectivity index (χ3n) is 6.98. The van der Waals surface area contributed by atoms with Crippen LogP contribution in [0.15, 0.2) is 41.2 Å². The summed E-state index contributed by atoms with van der Waals surface area (Å²) in [5, 5.41) is 3.37. The summed E-state index contributed by atoms with van der Waals surface area (Å²) in [6.07, 6.45) is -3.48. The second kappa shape index (κ2) is 11.2. The van der Waals surface area contributed by atoms with E-state index in [1.54, 1.807) is 13.0 Å². The predicted octanol–water partition coefficient (Wildman–Crippen LogP) is 5.37. The van der Waals surface area contributed by atoms with E-state index < -0.39 is 31.1 Å². The van der Waals surface area contributed by atoms with Crippen molar-refractivity contribution in [2.75, 3.05) is 32.9 Å². The summed E-state index contributed by atoms with van der Waals surface area (Å²) in [6.45, 7) is 8.12. The van der Waals surface area contributed by atoms with Gasteiger partial charge in [-0.25, -0.2) is 0 Å². The maximum absolute atomic E-state index is 13.7. The van der Waals surface area contributed by atoms with E-state index in [-0.39, 0.29) is 36.3 Å². The van der Waals surface area contributed by atoms with Crippen LogP contribution >= 0.6 is 0 Å². The monoisotopic (exact) mass is 546 g/mol. The molecule has 3 atom stereocenters. The van der Waals surface area contributed by atoms with Gasteiger partial charge in [0, 0.05) is 43.6 Å². The minimum Gasteiger partial charge on any atom is -0.395 e. The molecule has 3 heterocycles. The molecule has 1 aromatic rings. The van der Waals surface area contributed by atoms with Crippen LogP contribution in [0.25, 0.3) is 0 Å². The Hall–Kier alpha value is -2.73. The van der Waals surface area contributed by atoms with Crippen molar-refractivity contribution < 1.29 is 35.8 Å². The molecule has 0 saturated carbocycles. The first-order chi connectivity index (χ1) is 17.9. The molecule has 0 aliphatic carbocycles. The molecular formula is C26H32F6N4O2. The summed E-state index contributed by atoms with van der Waals surface area (Å²) in [4.78, 5) is 7.82. The molecule has 0 aromatic heterocycles. The highest BCUT2D eigenvalue weighted by atomic mass is 19.4. The van der Waals surface area contributed by atoms with Gasteiger partial charge in [0.15, 0.2) is 11.5 Å². The van der Waals surface area contributed by atoms with Crippen molar-refractivity contribution in [2.24, 2.45) is 4.99 Å². The van der Waals surface area contributed by atoms with E-state index in [0.717, 1.165) is 19.5 Å². The lowest BCUT2D eigenvalue weighted by atomic mass is 9.86. The number of fused-ring (bicyclic) bond motifs is 2. The van der Waals surface area contributed by atoms with Gasteiger partial charge >= 0.3 is 12.5 Å². The smallest absolute Gasteiger partial charge is 0.395 e. The molecule has 6 nitrogen and oxygen atoms in total. The van der Waals surface area contributed by atoms with Crippen LogP contribution < -0.4 is 14.8 Å². The van der Waals surface area contributed by atoms with Crippen LogP contribution in [0.5, 0.6) is 11.5 Å². The molecule has 38 heavy (non-hydrogen) atoms. The molecule has 0 bridgehead atoms. The Morgan fingerprint density at radius 1 is 1.26 bits per heavy atom. The number of allylic oxidation sites excluding steroid dienone is 2. The van der Waals surface area contributed by atoms with Crippen LogP contribution in [0.1, 0.15) is 43.9 Å². The van der Waals surface area contributed by atoms with E-state index in [1.165, 1.54) is 23.2 Å². The Morgan fingerprint density at radius 2 is 1.97 bits per heavy atom. The first-order valence-corrected chi connectivity index (χ1v) is 12.6. The van der Waals surface area contributed by atoms with Crippen molar-refractivity contribution in [3.05, 3.63) is 47.3 Å². The van der Waals surface area contributed by atoms with E-state index in [4.69, 9.17) is 0 Å². The Morgan fingerprint density at radius 3 is 2.63 bits per heavy atom. The van der Waals surface area contributed by atoms with E-state index in [0.29, 0.717) is 29.8 Å². The van der Waals surface area contributed by atoms with Crippen molar-refractivity contribution in [1.29, 1.82) is 0 Å². The lowest BCUT2D eigenvalue weighted by Crippen LogP contribution is -2.47. The Labute approximate surface area is 218 Å². The zero-order chi connectivity index (χ0) is 27.7. The number of ether oxygens (including phenoxy) is 2. The lowest BCUT2D eigenvalue weighted by molar-refractivity contribution is -0.286. The van der Waals surface area contributed by atoms with Gasteiger partial charge in [0.05, 0.1) is 25.0 Å². The fourth-order valence-corrected chi connectivity index (χ4v) is 5.27. The minimum absolute atomic E-state index is 0.124. The second-order valence-electron chi connectivity index (χ2n) is 9.88. The first-order valence-electron chi connectivity index (χ1n) is 12.6. The normalized spacial score (nSPS) is 25.7. The molecule has 0 unspecified atom stereocenters. The topological polar surface area (TPSA) is 49.3 Å². The largest absolute Gasteiger partial charge is 0.586 e. The lowest BCUT2D eigenvalue weighted by Gasteiger charge is -2.42. The standard InChI is InChI=1S/C26H32F6N4O2/c1-4-19(34-20-6-9-35(14-20)8-5-7-27)13-33-17(3)24-21-12-23-22(37-26(31,32)38-23)11-18(21)10-16(2)36(24)15-25(28,29)30/h4,11-13,16,20,24,34H,3,5-10,14-15H2,1-2H3/b19-4+,33-13?/t16-,20+,24-/m1/s1. The summed E-state index contributed by atoms with van der Waals surface area (Å²) < 4.78 is 89.6. The Balaban J connectivity index is 1.56. The SMILES string of the molecule is C=C(N=C/C(=C\C)N[C@H]1CCN(CCCF)C1)[C@@H]1c2cc3c(cc2C[C@@H](C)N1CC(F)(F)F)OC(F)(F)O3. The number of nitrogens with one attached hydrogen (secondary N) is 1. The summed E-state index contributed by atoms with van der Waals surface area (Å²) in [6, 6.07) is 1.22. The van der Waals surface area contributed by atoms with Gasteiger partial charge in [-0.05, 0) is 56.4 Å². The molecule has 0 spiro atoms. The fourth-order valence-electron chi connectivity index (χ4n) is 5.27. The van der Waals surface area contributed by atoms with Crippen LogP contribution in [0.3, 0.4) is 0 Å². The number of nitrogens with zero attached hydrogens (tertiary/aromatic N) is 3. The molecule has 0 radical (unpaired) electrons. The summed E-state index contributed by atoms with van der Waals surface area (Å²) in [7, 11) is 0. The van der Waals surface area contributed by atoms with Crippen LogP contribution in [0.4, 0.5) is 26.3 Å². The number of rotatable bonds is 9. The van der Waals surface area contributed by atoms with Crippen LogP contribution in [0, 0.1) is 0 Å². The molecule has 3 aliphatic rings. The Bertz CT molecular complexity index is 1090. The average Bonchev–Trinajstić information content (AvgIpc) is 3.40. The van der Waals surface area contributed by atoms with Gasteiger partial charge in [-0.2, -0.15) is 13.2 Å². The highest BCUT2D eigenvalue weighted by molar-refractivity contribution is 5.78. The molecule has 1 saturated heterocycles. The van der Waals surface area contributed by atoms with Crippen molar-refractivity contribution in [2.45, 2.75) is 63.7 Å². The maximum Gasteiger partial charge on any atom is 0.586 e. The first kappa shape index (κ1) is 28.3. The summed E-state index contributed by atoms with van der Waals surface area (Å²) in [5.74, 6) is -0.401. The highest BCUT2D eigenvalue weighted by Crippen LogP contribution is 2.48. The van der Waals surface area contributed by atoms with E-state index in [1.807, 2.05) is 6.92 Å². The van der Waals surface area contributed by atoms with Crippen molar-refractivity contribution in [1.82, 2.24) is 15.1 Å². The zero-order valence-electron chi connectivity index (χ0n) is 21.3. The molecular weight excluding hydrogens is 514 g/mol. The Kier molecular flexibility index (Phi) is 8.32. The van der Waals surface area contributed by atoms with E-state index in [9.17, 15) is 26.3 Å². The van der Waals surface area contributed by atoms with Crippen LogP contribution in [-0.4, -0.2) is 73.4 Å². The number of hydrogen-bond acceptors (Lipinski definition) is 6.